The van der Waals surface area contributed by atoms with Crippen molar-refractivity contribution in [3.8, 4) is 5.75 Å². The molecule has 2 aromatic carbocycles. The average molecular weight is 493 g/mol. The molecule has 8 heteroatoms. The van der Waals surface area contributed by atoms with Crippen LogP contribution in [0.4, 0.5) is 0 Å². The van der Waals surface area contributed by atoms with Crippen molar-refractivity contribution < 1.29 is 19.0 Å². The number of ether oxygens (including phenoxy) is 3. The van der Waals surface area contributed by atoms with Gasteiger partial charge in [-0.25, -0.2) is 9.79 Å². The van der Waals surface area contributed by atoms with E-state index >= 15 is 0 Å². The lowest BCUT2D eigenvalue weighted by Gasteiger charge is -2.27. The van der Waals surface area contributed by atoms with Gasteiger partial charge in [0.15, 0.2) is 4.80 Å². The Labute approximate surface area is 207 Å². The first-order valence-electron chi connectivity index (χ1n) is 11.4. The first-order chi connectivity index (χ1) is 16.9. The number of hydrogen-bond donors (Lipinski definition) is 0. The van der Waals surface area contributed by atoms with E-state index in [4.69, 9.17) is 14.2 Å². The highest BCUT2D eigenvalue weighted by Crippen LogP contribution is 2.36. The predicted molar refractivity (Wildman–Crippen MR) is 135 cm³/mol. The van der Waals surface area contributed by atoms with Crippen molar-refractivity contribution in [2.75, 3.05) is 20.3 Å². The maximum absolute atomic E-state index is 13.7. The molecule has 0 saturated carbocycles. The van der Waals surface area contributed by atoms with Gasteiger partial charge in [0.25, 0.3) is 5.56 Å². The lowest BCUT2D eigenvalue weighted by Crippen LogP contribution is -2.40. The smallest absolute Gasteiger partial charge is 0.338 e. The van der Waals surface area contributed by atoms with E-state index in [1.165, 1.54) is 11.3 Å². The molecular formula is C27H28N2O5S. The summed E-state index contributed by atoms with van der Waals surface area (Å²) in [5, 5.41) is 0. The number of thiazole rings is 1. The van der Waals surface area contributed by atoms with Crippen LogP contribution in [0.1, 0.15) is 37.9 Å². The van der Waals surface area contributed by atoms with Crippen LogP contribution in [0.2, 0.25) is 0 Å². The van der Waals surface area contributed by atoms with Crippen molar-refractivity contribution in [2.45, 2.75) is 32.9 Å². The van der Waals surface area contributed by atoms with Gasteiger partial charge in [-0.15, -0.1) is 0 Å². The molecular weight excluding hydrogens is 464 g/mol. The number of nitrogens with zero attached hydrogens (tertiary/aromatic N) is 2. The SMILES string of the molecule is COCCOC(=O)C1=C(C)N=c2s/c(=C/c3ccccc3)c(=O)n2[C@H]1c1ccccc1OC(C)C. The van der Waals surface area contributed by atoms with Crippen molar-refractivity contribution in [3.05, 3.63) is 96.7 Å². The molecule has 0 amide bonds. The Bertz CT molecular complexity index is 1420. The van der Waals surface area contributed by atoms with Gasteiger partial charge in [-0.1, -0.05) is 59.9 Å². The Morgan fingerprint density at radius 3 is 2.54 bits per heavy atom. The van der Waals surface area contributed by atoms with Gasteiger partial charge in [0.1, 0.15) is 18.4 Å². The van der Waals surface area contributed by atoms with Crippen LogP contribution in [0.25, 0.3) is 6.08 Å². The number of carbonyl (C=O) groups is 1. The second kappa shape index (κ2) is 10.8. The van der Waals surface area contributed by atoms with E-state index in [0.717, 1.165) is 5.56 Å². The number of aromatic nitrogens is 1. The number of esters is 1. The molecule has 0 N–H and O–H groups in total. The van der Waals surface area contributed by atoms with Gasteiger partial charge >= 0.3 is 5.97 Å². The highest BCUT2D eigenvalue weighted by atomic mass is 32.1. The Morgan fingerprint density at radius 1 is 1.11 bits per heavy atom. The second-order valence-electron chi connectivity index (χ2n) is 8.33. The molecule has 7 nitrogen and oxygen atoms in total. The third-order valence-corrected chi connectivity index (χ3v) is 6.42. The maximum Gasteiger partial charge on any atom is 0.338 e. The van der Waals surface area contributed by atoms with E-state index in [1.54, 1.807) is 18.6 Å². The summed E-state index contributed by atoms with van der Waals surface area (Å²) in [6.07, 6.45) is 1.75. The van der Waals surface area contributed by atoms with Crippen LogP contribution in [-0.2, 0) is 14.3 Å². The molecule has 0 fully saturated rings. The number of fused-ring (bicyclic) bond motifs is 1. The van der Waals surface area contributed by atoms with Crippen molar-refractivity contribution in [1.29, 1.82) is 0 Å². The van der Waals surface area contributed by atoms with Gasteiger partial charge in [-0.05, 0) is 38.5 Å². The molecule has 0 radical (unpaired) electrons. The third-order valence-electron chi connectivity index (χ3n) is 5.44. The fraction of sp³-hybridized carbons (Fsp3) is 0.296. The number of allylic oxidation sites excluding steroid dienone is 1. The van der Waals surface area contributed by atoms with E-state index < -0.39 is 12.0 Å². The van der Waals surface area contributed by atoms with Gasteiger partial charge in [-0.3, -0.25) is 9.36 Å². The van der Waals surface area contributed by atoms with Gasteiger partial charge in [0.05, 0.1) is 28.5 Å². The minimum absolute atomic E-state index is 0.0905. The van der Waals surface area contributed by atoms with Crippen LogP contribution in [-0.4, -0.2) is 37.0 Å². The van der Waals surface area contributed by atoms with Gasteiger partial charge in [0.2, 0.25) is 0 Å². The predicted octanol–water partition coefficient (Wildman–Crippen LogP) is 3.21. The summed E-state index contributed by atoms with van der Waals surface area (Å²) in [5.74, 6) is 0.0621. The zero-order valence-corrected chi connectivity index (χ0v) is 21.0. The Morgan fingerprint density at radius 2 is 1.83 bits per heavy atom. The zero-order valence-electron chi connectivity index (χ0n) is 20.2. The standard InChI is InChI=1S/C27H28N2O5S/c1-17(2)34-21-13-9-8-12-20(21)24-23(26(31)33-15-14-32-4)18(3)28-27-29(24)25(30)22(35-27)16-19-10-6-5-7-11-19/h5-13,16-17,24H,14-15H2,1-4H3/b22-16+/t24-/m0/s1. The monoisotopic (exact) mass is 492 g/mol. The van der Waals surface area contributed by atoms with E-state index in [-0.39, 0.29) is 24.9 Å². The first-order valence-corrected chi connectivity index (χ1v) is 12.2. The van der Waals surface area contributed by atoms with Crippen LogP contribution in [0.3, 0.4) is 0 Å². The summed E-state index contributed by atoms with van der Waals surface area (Å²) >= 11 is 1.30. The van der Waals surface area contributed by atoms with E-state index in [9.17, 15) is 9.59 Å². The van der Waals surface area contributed by atoms with Crippen molar-refractivity contribution in [3.63, 3.8) is 0 Å². The molecule has 1 aliphatic rings. The molecule has 0 bridgehead atoms. The molecule has 35 heavy (non-hydrogen) atoms. The molecule has 0 saturated heterocycles. The van der Waals surface area contributed by atoms with Crippen LogP contribution in [0.15, 0.2) is 75.7 Å². The normalized spacial score (nSPS) is 15.7. The van der Waals surface area contributed by atoms with Gasteiger partial charge in [0, 0.05) is 12.7 Å². The molecule has 0 spiro atoms. The Hall–Kier alpha value is -3.49. The summed E-state index contributed by atoms with van der Waals surface area (Å²) in [6.45, 7) is 6.00. The molecule has 4 rings (SSSR count). The third kappa shape index (κ3) is 5.28. The van der Waals surface area contributed by atoms with E-state index in [0.29, 0.717) is 31.9 Å². The topological polar surface area (TPSA) is 79.1 Å². The summed E-state index contributed by atoms with van der Waals surface area (Å²) in [7, 11) is 1.54. The summed E-state index contributed by atoms with van der Waals surface area (Å²) in [6, 6.07) is 16.4. The van der Waals surface area contributed by atoms with Crippen LogP contribution in [0.5, 0.6) is 5.75 Å². The fourth-order valence-electron chi connectivity index (χ4n) is 3.94. The molecule has 1 aliphatic heterocycles. The van der Waals surface area contributed by atoms with Gasteiger partial charge < -0.3 is 14.2 Å². The lowest BCUT2D eigenvalue weighted by atomic mass is 9.95. The van der Waals surface area contributed by atoms with E-state index in [1.807, 2.05) is 74.5 Å². The summed E-state index contributed by atoms with van der Waals surface area (Å²) in [5.41, 5.74) is 2.19. The number of carbonyl (C=O) groups excluding carboxylic acids is 1. The zero-order chi connectivity index (χ0) is 24.9. The van der Waals surface area contributed by atoms with Crippen molar-refractivity contribution in [1.82, 2.24) is 4.57 Å². The number of hydrogen-bond acceptors (Lipinski definition) is 7. The number of benzene rings is 2. The average Bonchev–Trinajstić information content (AvgIpc) is 3.13. The quantitative estimate of drug-likeness (QED) is 0.356. The molecule has 0 aliphatic carbocycles. The molecule has 1 atom stereocenters. The Kier molecular flexibility index (Phi) is 7.63. The number of para-hydroxylation sites is 1. The summed E-state index contributed by atoms with van der Waals surface area (Å²) < 4.78 is 18.7. The molecule has 3 aromatic rings. The largest absolute Gasteiger partial charge is 0.491 e. The second-order valence-corrected chi connectivity index (χ2v) is 9.33. The van der Waals surface area contributed by atoms with E-state index in [2.05, 4.69) is 4.99 Å². The van der Waals surface area contributed by atoms with Gasteiger partial charge in [-0.2, -0.15) is 0 Å². The van der Waals surface area contributed by atoms with Crippen molar-refractivity contribution in [2.24, 2.45) is 4.99 Å². The minimum atomic E-state index is -0.742. The first kappa shape index (κ1) is 24.6. The number of rotatable bonds is 8. The maximum atomic E-state index is 13.7. The minimum Gasteiger partial charge on any atom is -0.491 e. The fourth-order valence-corrected chi connectivity index (χ4v) is 4.99. The summed E-state index contributed by atoms with van der Waals surface area (Å²) in [4.78, 5) is 32.1. The van der Waals surface area contributed by atoms with Crippen LogP contribution < -0.4 is 19.6 Å². The van der Waals surface area contributed by atoms with Crippen molar-refractivity contribution >= 4 is 23.4 Å². The number of methoxy groups -OCH3 is 1. The highest BCUT2D eigenvalue weighted by molar-refractivity contribution is 7.07. The van der Waals surface area contributed by atoms with Crippen LogP contribution >= 0.6 is 11.3 Å². The molecule has 0 unspecified atom stereocenters. The molecule has 1 aromatic heterocycles. The lowest BCUT2D eigenvalue weighted by molar-refractivity contribution is -0.140. The Balaban J connectivity index is 1.93. The van der Waals surface area contributed by atoms with Crippen LogP contribution in [0, 0.1) is 0 Å². The molecule has 182 valence electrons. The highest BCUT2D eigenvalue weighted by Gasteiger charge is 2.35. The molecule has 2 heterocycles.